The molecule has 0 aromatic heterocycles. The fourth-order valence-electron chi connectivity index (χ4n) is 1.99. The van der Waals surface area contributed by atoms with Crippen LogP contribution < -0.4 is 0 Å². The zero-order valence-electron chi connectivity index (χ0n) is 13.4. The third kappa shape index (κ3) is 6.25. The molecule has 9 heteroatoms. The highest BCUT2D eigenvalue weighted by molar-refractivity contribution is 7.80. The van der Waals surface area contributed by atoms with Crippen molar-refractivity contribution in [2.24, 2.45) is 5.41 Å². The Kier molecular flexibility index (Phi) is 11.3. The van der Waals surface area contributed by atoms with Gasteiger partial charge in [0.1, 0.15) is 12.0 Å². The molecule has 24 heavy (non-hydrogen) atoms. The van der Waals surface area contributed by atoms with Gasteiger partial charge in [-0.3, -0.25) is 24.0 Å². The summed E-state index contributed by atoms with van der Waals surface area (Å²) >= 11 is 11.7. The summed E-state index contributed by atoms with van der Waals surface area (Å²) in [5, 5.41) is 0. The second kappa shape index (κ2) is 11.7. The molecule has 0 unspecified atom stereocenters. The number of carbonyl (C=O) groups is 5. The molecule has 0 heterocycles. The van der Waals surface area contributed by atoms with Gasteiger partial charge in [0.2, 0.25) is 11.6 Å². The van der Waals surface area contributed by atoms with Crippen LogP contribution in [0.15, 0.2) is 0 Å². The fraction of sp³-hybridized carbons (Fsp3) is 0.667. The molecule has 0 aliphatic heterocycles. The van der Waals surface area contributed by atoms with Crippen molar-refractivity contribution < 1.29 is 28.7 Å². The van der Waals surface area contributed by atoms with Gasteiger partial charge in [0.25, 0.3) is 0 Å². The van der Waals surface area contributed by atoms with Crippen molar-refractivity contribution in [2.75, 3.05) is 23.9 Å². The van der Waals surface area contributed by atoms with E-state index in [0.29, 0.717) is 0 Å². The third-order valence-electron chi connectivity index (χ3n) is 3.45. The number of thiol groups is 3. The van der Waals surface area contributed by atoms with Crippen LogP contribution in [0, 0.1) is 5.41 Å². The van der Waals surface area contributed by atoms with Crippen LogP contribution in [0.4, 0.5) is 0 Å². The average molecular weight is 395 g/mol. The minimum atomic E-state index is -1.98. The summed E-state index contributed by atoms with van der Waals surface area (Å²) in [6.07, 6.45) is -0.472. The molecule has 0 radical (unpaired) electrons. The topological polar surface area (TPSA) is 94.6 Å². The van der Waals surface area contributed by atoms with Crippen LogP contribution in [0.2, 0.25) is 0 Å². The predicted molar refractivity (Wildman–Crippen MR) is 99.1 cm³/mol. The maximum Gasteiger partial charge on any atom is 0.306 e. The molecule has 0 spiro atoms. The average Bonchev–Trinajstić information content (AvgIpc) is 2.55. The Morgan fingerprint density at radius 3 is 1.54 bits per heavy atom. The monoisotopic (exact) mass is 394 g/mol. The standard InChI is InChI=1S/C15H22O6S3/c1-2-15(9-21-12(18)5-8-24,13(19)10(16)3-6-22)14(20)11(17)4-7-23/h22-24H,2-9H2,1H3. The lowest BCUT2D eigenvalue weighted by Gasteiger charge is -2.27. The van der Waals surface area contributed by atoms with Crippen LogP contribution in [0.25, 0.3) is 0 Å². The van der Waals surface area contributed by atoms with E-state index < -0.39 is 41.1 Å². The summed E-state index contributed by atoms with van der Waals surface area (Å²) in [5.41, 5.74) is -1.98. The lowest BCUT2D eigenvalue weighted by Crippen LogP contribution is -2.50. The molecule has 0 aromatic rings. The lowest BCUT2D eigenvalue weighted by atomic mass is 9.74. The summed E-state index contributed by atoms with van der Waals surface area (Å²) in [5.74, 6) is -3.84. The SMILES string of the molecule is CCC(COC(=O)CCS)(C(=O)C(=O)CCS)C(=O)C(=O)CCS. The van der Waals surface area contributed by atoms with E-state index in [1.807, 2.05) is 0 Å². The molecule has 0 aliphatic rings. The lowest BCUT2D eigenvalue weighted by molar-refractivity contribution is -0.160. The summed E-state index contributed by atoms with van der Waals surface area (Å²) in [7, 11) is 0. The predicted octanol–water partition coefficient (Wildman–Crippen LogP) is 1.16. The Hall–Kier alpha value is -0.800. The molecule has 0 fully saturated rings. The van der Waals surface area contributed by atoms with E-state index in [1.165, 1.54) is 6.92 Å². The van der Waals surface area contributed by atoms with Crippen molar-refractivity contribution in [3.63, 3.8) is 0 Å². The highest BCUT2D eigenvalue weighted by Crippen LogP contribution is 2.28. The van der Waals surface area contributed by atoms with Crippen LogP contribution in [0.5, 0.6) is 0 Å². The first kappa shape index (κ1) is 23.2. The van der Waals surface area contributed by atoms with Crippen molar-refractivity contribution >= 4 is 67.0 Å². The molecule has 0 amide bonds. The van der Waals surface area contributed by atoms with E-state index in [9.17, 15) is 24.0 Å². The van der Waals surface area contributed by atoms with E-state index in [1.54, 1.807) is 0 Å². The molecule has 0 saturated heterocycles. The van der Waals surface area contributed by atoms with Gasteiger partial charge in [-0.2, -0.15) is 37.9 Å². The largest absolute Gasteiger partial charge is 0.464 e. The van der Waals surface area contributed by atoms with Gasteiger partial charge in [-0.1, -0.05) is 6.92 Å². The van der Waals surface area contributed by atoms with Gasteiger partial charge in [0, 0.05) is 18.6 Å². The van der Waals surface area contributed by atoms with Crippen molar-refractivity contribution in [2.45, 2.75) is 32.6 Å². The number of esters is 1. The number of ketones is 4. The molecule has 0 aliphatic carbocycles. The zero-order valence-corrected chi connectivity index (χ0v) is 16.1. The summed E-state index contributed by atoms with van der Waals surface area (Å²) in [4.78, 5) is 60.6. The summed E-state index contributed by atoms with van der Waals surface area (Å²) in [6, 6.07) is 0. The molecule has 136 valence electrons. The Morgan fingerprint density at radius 1 is 0.792 bits per heavy atom. The normalized spacial score (nSPS) is 11.0. The van der Waals surface area contributed by atoms with Crippen molar-refractivity contribution in [1.29, 1.82) is 0 Å². The maximum absolute atomic E-state index is 12.5. The third-order valence-corrected chi connectivity index (χ3v) is 4.12. The smallest absolute Gasteiger partial charge is 0.306 e. The highest BCUT2D eigenvalue weighted by atomic mass is 32.1. The Balaban J connectivity index is 5.62. The van der Waals surface area contributed by atoms with E-state index in [0.717, 1.165) is 0 Å². The number of hydrogen-bond donors (Lipinski definition) is 3. The number of Topliss-reactive ketones (excluding diaryl/α,β-unsaturated/α-hetero) is 4. The van der Waals surface area contributed by atoms with Crippen molar-refractivity contribution in [3.05, 3.63) is 0 Å². The zero-order chi connectivity index (χ0) is 18.8. The molecule has 0 saturated carbocycles. The van der Waals surface area contributed by atoms with Gasteiger partial charge in [-0.15, -0.1) is 0 Å². The van der Waals surface area contributed by atoms with Gasteiger partial charge >= 0.3 is 5.97 Å². The van der Waals surface area contributed by atoms with E-state index in [-0.39, 0.29) is 42.9 Å². The van der Waals surface area contributed by atoms with Gasteiger partial charge in [-0.05, 0) is 17.9 Å². The molecule has 6 nitrogen and oxygen atoms in total. The summed E-state index contributed by atoms with van der Waals surface area (Å²) < 4.78 is 4.97. The van der Waals surface area contributed by atoms with Crippen LogP contribution in [-0.4, -0.2) is 53.0 Å². The molecular formula is C15H22O6S3. The van der Waals surface area contributed by atoms with Gasteiger partial charge in [0.15, 0.2) is 11.6 Å². The van der Waals surface area contributed by atoms with E-state index in [2.05, 4.69) is 37.9 Å². The molecule has 0 rings (SSSR count). The molecule has 0 aromatic carbocycles. The Labute approximate surface area is 157 Å². The second-order valence-electron chi connectivity index (χ2n) is 5.02. The van der Waals surface area contributed by atoms with Gasteiger partial charge in [0.05, 0.1) is 6.42 Å². The van der Waals surface area contributed by atoms with Crippen LogP contribution in [-0.2, 0) is 28.7 Å². The quantitative estimate of drug-likeness (QED) is 0.188. The maximum atomic E-state index is 12.5. The highest BCUT2D eigenvalue weighted by Gasteiger charge is 2.50. The number of rotatable bonds is 13. The Bertz CT molecular complexity index is 473. The Morgan fingerprint density at radius 2 is 1.21 bits per heavy atom. The molecule has 0 atom stereocenters. The van der Waals surface area contributed by atoms with Crippen LogP contribution >= 0.6 is 37.9 Å². The molecule has 0 bridgehead atoms. The number of carbonyl (C=O) groups excluding carboxylic acids is 5. The first-order chi connectivity index (χ1) is 11.3. The van der Waals surface area contributed by atoms with E-state index in [4.69, 9.17) is 4.74 Å². The van der Waals surface area contributed by atoms with E-state index >= 15 is 0 Å². The first-order valence-corrected chi connectivity index (χ1v) is 9.33. The molecular weight excluding hydrogens is 372 g/mol. The second-order valence-corrected chi connectivity index (χ2v) is 6.36. The van der Waals surface area contributed by atoms with Crippen LogP contribution in [0.3, 0.4) is 0 Å². The number of ether oxygens (including phenoxy) is 1. The van der Waals surface area contributed by atoms with Gasteiger partial charge < -0.3 is 4.74 Å². The van der Waals surface area contributed by atoms with Crippen LogP contribution in [0.1, 0.15) is 32.6 Å². The van der Waals surface area contributed by atoms with Crippen molar-refractivity contribution in [3.8, 4) is 0 Å². The minimum Gasteiger partial charge on any atom is -0.464 e. The van der Waals surface area contributed by atoms with Crippen molar-refractivity contribution in [1.82, 2.24) is 0 Å². The summed E-state index contributed by atoms with van der Waals surface area (Å²) in [6.45, 7) is 0.856. The van der Waals surface area contributed by atoms with Gasteiger partial charge in [-0.25, -0.2) is 0 Å². The molecule has 0 N–H and O–H groups in total. The first-order valence-electron chi connectivity index (χ1n) is 7.44. The minimum absolute atomic E-state index is 0.0134. The number of hydrogen-bond acceptors (Lipinski definition) is 9. The fourth-order valence-corrected chi connectivity index (χ4v) is 2.58.